The second-order valence-corrected chi connectivity index (χ2v) is 4.84. The highest BCUT2D eigenvalue weighted by Gasteiger charge is 2.00. The second kappa shape index (κ2) is 5.35. The fraction of sp³-hybridized carbons (Fsp3) is 0.0909. The lowest BCUT2D eigenvalue weighted by molar-refractivity contribution is 0.603. The van der Waals surface area contributed by atoms with Gasteiger partial charge in [0, 0.05) is 16.9 Å². The predicted octanol–water partition coefficient (Wildman–Crippen LogP) is 2.24. The number of hydrogen-bond donors (Lipinski definition) is 0. The van der Waals surface area contributed by atoms with Crippen LogP contribution in [-0.2, 0) is 11.4 Å². The van der Waals surface area contributed by atoms with E-state index in [0.717, 1.165) is 5.69 Å². The van der Waals surface area contributed by atoms with E-state index in [1.54, 1.807) is 12.5 Å². The van der Waals surface area contributed by atoms with Gasteiger partial charge in [0.2, 0.25) is 0 Å². The van der Waals surface area contributed by atoms with Gasteiger partial charge >= 0.3 is 0 Å². The van der Waals surface area contributed by atoms with E-state index in [9.17, 15) is 4.55 Å². The van der Waals surface area contributed by atoms with Crippen LogP contribution in [-0.4, -0.2) is 26.6 Å². The lowest BCUT2D eigenvalue weighted by Crippen LogP contribution is -1.92. The molecule has 4 nitrogen and oxygen atoms in total. The van der Waals surface area contributed by atoms with Crippen molar-refractivity contribution < 1.29 is 4.55 Å². The third-order valence-electron chi connectivity index (χ3n) is 2.06. The van der Waals surface area contributed by atoms with Crippen molar-refractivity contribution in [2.45, 2.75) is 0 Å². The molecule has 1 aromatic carbocycles. The van der Waals surface area contributed by atoms with Crippen LogP contribution in [0, 0.1) is 0 Å². The Hall–Kier alpha value is -1.30. The van der Waals surface area contributed by atoms with Crippen molar-refractivity contribution in [3.05, 3.63) is 47.5 Å². The van der Waals surface area contributed by atoms with Gasteiger partial charge in [-0.15, -0.1) is 0 Å². The highest BCUT2D eigenvalue weighted by Crippen LogP contribution is 2.13. The zero-order valence-electron chi connectivity index (χ0n) is 9.08. The van der Waals surface area contributed by atoms with Crippen molar-refractivity contribution in [2.24, 2.45) is 4.40 Å². The van der Waals surface area contributed by atoms with Gasteiger partial charge in [0.05, 0.1) is 17.7 Å². The van der Waals surface area contributed by atoms with E-state index in [4.69, 9.17) is 11.6 Å². The topological polar surface area (TPSA) is 53.2 Å². The first kappa shape index (κ1) is 12.2. The smallest absolute Gasteiger partial charge is 0.123 e. The van der Waals surface area contributed by atoms with Crippen molar-refractivity contribution in [1.82, 2.24) is 9.55 Å². The Morgan fingerprint density at radius 3 is 2.76 bits per heavy atom. The highest BCUT2D eigenvalue weighted by molar-refractivity contribution is 7.89. The lowest BCUT2D eigenvalue weighted by atomic mass is 10.3. The molecule has 0 saturated carbocycles. The van der Waals surface area contributed by atoms with Gasteiger partial charge < -0.3 is 9.12 Å². The molecule has 0 bridgehead atoms. The van der Waals surface area contributed by atoms with Crippen LogP contribution < -0.4 is 0 Å². The maximum absolute atomic E-state index is 10.8. The van der Waals surface area contributed by atoms with Crippen LogP contribution in [0.15, 0.2) is 41.2 Å². The van der Waals surface area contributed by atoms with Crippen molar-refractivity contribution in [2.75, 3.05) is 6.26 Å². The zero-order valence-corrected chi connectivity index (χ0v) is 10.6. The predicted molar refractivity (Wildman–Crippen MR) is 70.2 cm³/mol. The number of nitrogens with zero attached hydrogens (tertiary/aromatic N) is 3. The van der Waals surface area contributed by atoms with Gasteiger partial charge in [-0.2, -0.15) is 0 Å². The minimum absolute atomic E-state index is 0.662. The Kier molecular flexibility index (Phi) is 3.83. The summed E-state index contributed by atoms with van der Waals surface area (Å²) in [7, 11) is 0. The zero-order chi connectivity index (χ0) is 12.3. The molecule has 2 rings (SSSR count). The average molecular weight is 268 g/mol. The highest BCUT2D eigenvalue weighted by atomic mass is 35.5. The van der Waals surface area contributed by atoms with E-state index in [-0.39, 0.29) is 0 Å². The number of benzene rings is 1. The summed E-state index contributed by atoms with van der Waals surface area (Å²) in [4.78, 5) is 4.13. The quantitative estimate of drug-likeness (QED) is 0.633. The lowest BCUT2D eigenvalue weighted by Gasteiger charge is -2.00. The number of halogens is 1. The largest absolute Gasteiger partial charge is 0.592 e. The molecule has 88 valence electrons. The third-order valence-corrected chi connectivity index (χ3v) is 2.72. The summed E-state index contributed by atoms with van der Waals surface area (Å²) in [5.74, 6) is 0. The Labute approximate surface area is 107 Å². The molecule has 6 heteroatoms. The van der Waals surface area contributed by atoms with Crippen molar-refractivity contribution in [3.8, 4) is 5.69 Å². The van der Waals surface area contributed by atoms with E-state index >= 15 is 0 Å². The Balaban J connectivity index is 2.21. The number of hydrogen-bond acceptors (Lipinski definition) is 3. The van der Waals surface area contributed by atoms with E-state index in [1.165, 1.54) is 12.5 Å². The molecular weight excluding hydrogens is 258 g/mol. The SMILES string of the molecule is C[S@@+]([O-])/N=C\c1cn(-c2ccc(Cl)cc2)cn1. The molecule has 0 aliphatic heterocycles. The molecule has 0 fully saturated rings. The molecule has 0 N–H and O–H groups in total. The summed E-state index contributed by atoms with van der Waals surface area (Å²) >= 11 is 4.61. The van der Waals surface area contributed by atoms with Gasteiger partial charge in [0.1, 0.15) is 18.2 Å². The van der Waals surface area contributed by atoms with Crippen LogP contribution >= 0.6 is 11.6 Å². The molecule has 0 unspecified atom stereocenters. The fourth-order valence-electron chi connectivity index (χ4n) is 1.29. The Morgan fingerprint density at radius 2 is 2.12 bits per heavy atom. The fourth-order valence-corrected chi connectivity index (χ4v) is 1.67. The molecular formula is C11H10ClN3OS. The maximum atomic E-state index is 10.8. The van der Waals surface area contributed by atoms with E-state index in [2.05, 4.69) is 9.38 Å². The molecule has 17 heavy (non-hydrogen) atoms. The van der Waals surface area contributed by atoms with Gasteiger partial charge in [-0.1, -0.05) is 16.0 Å². The first-order valence-electron chi connectivity index (χ1n) is 4.83. The maximum Gasteiger partial charge on any atom is 0.123 e. The number of aromatic nitrogens is 2. The molecule has 2 aromatic rings. The van der Waals surface area contributed by atoms with Gasteiger partial charge in [-0.3, -0.25) is 0 Å². The summed E-state index contributed by atoms with van der Waals surface area (Å²) in [5, 5.41) is 0.692. The van der Waals surface area contributed by atoms with Gasteiger partial charge in [0.15, 0.2) is 0 Å². The molecule has 0 aliphatic rings. The standard InChI is InChI=1S/C11H10ClN3OS/c1-17(16)14-6-10-7-15(8-13-10)11-4-2-9(12)3-5-11/h2-8H,1H3/b14-6-/t17-/m1/s1. The van der Waals surface area contributed by atoms with Crippen molar-refractivity contribution >= 4 is 29.2 Å². The monoisotopic (exact) mass is 267 g/mol. The van der Waals surface area contributed by atoms with E-state index in [0.29, 0.717) is 10.7 Å². The third kappa shape index (κ3) is 3.33. The summed E-state index contributed by atoms with van der Waals surface area (Å²) in [6, 6.07) is 7.41. The first-order valence-corrected chi connectivity index (χ1v) is 6.72. The molecule has 0 saturated heterocycles. The molecule has 1 atom stereocenters. The summed E-state index contributed by atoms with van der Waals surface area (Å²) in [6.07, 6.45) is 6.47. The minimum Gasteiger partial charge on any atom is -0.592 e. The van der Waals surface area contributed by atoms with Crippen molar-refractivity contribution in [1.29, 1.82) is 0 Å². The first-order chi connectivity index (χ1) is 8.15. The van der Waals surface area contributed by atoms with Crippen LogP contribution in [0.4, 0.5) is 0 Å². The second-order valence-electron chi connectivity index (χ2n) is 3.34. The molecule has 1 aromatic heterocycles. The molecule has 0 radical (unpaired) electrons. The molecule has 1 heterocycles. The van der Waals surface area contributed by atoms with Crippen LogP contribution in [0.3, 0.4) is 0 Å². The van der Waals surface area contributed by atoms with Crippen LogP contribution in [0.5, 0.6) is 0 Å². The molecule has 0 amide bonds. The Bertz CT molecular complexity index is 522. The van der Waals surface area contributed by atoms with Crippen LogP contribution in [0.25, 0.3) is 5.69 Å². The number of imidazole rings is 1. The summed E-state index contributed by atoms with van der Waals surface area (Å²) in [5.41, 5.74) is 1.62. The number of rotatable bonds is 3. The minimum atomic E-state index is -1.20. The van der Waals surface area contributed by atoms with E-state index < -0.39 is 11.4 Å². The average Bonchev–Trinajstić information content (AvgIpc) is 2.76. The summed E-state index contributed by atoms with van der Waals surface area (Å²) < 4.78 is 16.4. The van der Waals surface area contributed by atoms with Gasteiger partial charge in [-0.25, -0.2) is 4.98 Å². The van der Waals surface area contributed by atoms with Crippen LogP contribution in [0.2, 0.25) is 5.02 Å². The molecule has 0 aliphatic carbocycles. The van der Waals surface area contributed by atoms with Crippen molar-refractivity contribution in [3.63, 3.8) is 0 Å². The van der Waals surface area contributed by atoms with Crippen LogP contribution in [0.1, 0.15) is 5.69 Å². The van der Waals surface area contributed by atoms with Gasteiger partial charge in [-0.05, 0) is 24.3 Å². The normalized spacial score (nSPS) is 13.1. The van der Waals surface area contributed by atoms with Gasteiger partial charge in [0.25, 0.3) is 0 Å². The summed E-state index contributed by atoms with van der Waals surface area (Å²) in [6.45, 7) is 0. The van der Waals surface area contributed by atoms with E-state index in [1.807, 2.05) is 28.8 Å². The molecule has 0 spiro atoms. The Morgan fingerprint density at radius 1 is 1.41 bits per heavy atom.